The number of benzene rings is 3. The lowest BCUT2D eigenvalue weighted by Gasteiger charge is -2.35. The molecule has 0 aromatic heterocycles. The molecule has 3 aromatic carbocycles. The van der Waals surface area contributed by atoms with Gasteiger partial charge in [0.05, 0.1) is 23.3 Å². The van der Waals surface area contributed by atoms with E-state index in [1.54, 1.807) is 0 Å². The standard InChI is InChI=1S/C27H19F9O2/c1-3-5-6-14-7-10-17(18(28)13-14)27(35,36)38-20-12-9-16-15-8-11-19(37-4-2)23(29)21(15)25(31,32)26(33,34)22(16)24(20)30/h3,7-13H,1,4-6H2,2H3. The lowest BCUT2D eigenvalue weighted by Crippen LogP contribution is -2.41. The van der Waals surface area contributed by atoms with Gasteiger partial charge in [-0.2, -0.15) is 26.3 Å². The Labute approximate surface area is 211 Å². The first-order chi connectivity index (χ1) is 17.8. The number of aryl methyl sites for hydroxylation is 1. The summed E-state index contributed by atoms with van der Waals surface area (Å²) in [6.45, 7) is 4.75. The van der Waals surface area contributed by atoms with Crippen LogP contribution in [0, 0.1) is 17.5 Å². The largest absolute Gasteiger partial charge is 0.491 e. The highest BCUT2D eigenvalue weighted by molar-refractivity contribution is 5.78. The molecule has 0 spiro atoms. The maximum atomic E-state index is 15.2. The zero-order chi connectivity index (χ0) is 28.0. The van der Waals surface area contributed by atoms with E-state index < -0.39 is 74.7 Å². The second kappa shape index (κ2) is 9.59. The third-order valence-corrected chi connectivity index (χ3v) is 6.05. The molecule has 38 heavy (non-hydrogen) atoms. The molecule has 0 heterocycles. The summed E-state index contributed by atoms with van der Waals surface area (Å²) in [6.07, 6.45) is -2.31. The summed E-state index contributed by atoms with van der Waals surface area (Å²) in [7, 11) is 0. The minimum atomic E-state index is -5.38. The van der Waals surface area contributed by atoms with Crippen LogP contribution in [0.1, 0.15) is 35.6 Å². The molecule has 0 radical (unpaired) electrons. The van der Waals surface area contributed by atoms with Gasteiger partial charge in [0.2, 0.25) is 0 Å². The van der Waals surface area contributed by atoms with Gasteiger partial charge in [-0.1, -0.05) is 12.1 Å². The predicted molar refractivity (Wildman–Crippen MR) is 120 cm³/mol. The summed E-state index contributed by atoms with van der Waals surface area (Å²) in [4.78, 5) is 0. The summed E-state index contributed by atoms with van der Waals surface area (Å²) in [6, 6.07) is 5.51. The van der Waals surface area contributed by atoms with Crippen LogP contribution in [0.5, 0.6) is 11.5 Å². The van der Waals surface area contributed by atoms with Gasteiger partial charge in [-0.25, -0.2) is 13.2 Å². The van der Waals surface area contributed by atoms with E-state index in [0.29, 0.717) is 36.6 Å². The van der Waals surface area contributed by atoms with Crippen molar-refractivity contribution in [3.05, 3.63) is 94.8 Å². The van der Waals surface area contributed by atoms with Crippen molar-refractivity contribution in [1.29, 1.82) is 0 Å². The Bertz CT molecular complexity index is 1400. The number of alkyl halides is 6. The molecule has 0 fully saturated rings. The van der Waals surface area contributed by atoms with E-state index in [1.165, 1.54) is 19.1 Å². The van der Waals surface area contributed by atoms with Crippen LogP contribution in [-0.2, 0) is 24.4 Å². The highest BCUT2D eigenvalue weighted by Crippen LogP contribution is 2.60. The molecule has 1 aliphatic carbocycles. The Morgan fingerprint density at radius 3 is 1.92 bits per heavy atom. The zero-order valence-electron chi connectivity index (χ0n) is 19.7. The monoisotopic (exact) mass is 546 g/mol. The van der Waals surface area contributed by atoms with Crippen LogP contribution in [-0.4, -0.2) is 6.61 Å². The molecular weight excluding hydrogens is 527 g/mol. The van der Waals surface area contributed by atoms with Crippen molar-refractivity contribution in [3.63, 3.8) is 0 Å². The summed E-state index contributed by atoms with van der Waals surface area (Å²) in [5.41, 5.74) is -6.31. The summed E-state index contributed by atoms with van der Waals surface area (Å²) in [5, 5.41) is 0. The SMILES string of the molecule is C=CCCc1ccc(C(F)(F)Oc2ccc3c(c2F)C(F)(F)C(F)(F)c2c-3ccc(OCC)c2F)c(F)c1. The van der Waals surface area contributed by atoms with Gasteiger partial charge in [-0.15, -0.1) is 6.58 Å². The van der Waals surface area contributed by atoms with Crippen molar-refractivity contribution in [1.82, 2.24) is 0 Å². The molecule has 0 N–H and O–H groups in total. The molecule has 4 rings (SSSR count). The fourth-order valence-corrected chi connectivity index (χ4v) is 4.25. The minimum Gasteiger partial charge on any atom is -0.491 e. The fourth-order valence-electron chi connectivity index (χ4n) is 4.25. The van der Waals surface area contributed by atoms with Gasteiger partial charge in [0.15, 0.2) is 23.1 Å². The maximum absolute atomic E-state index is 15.2. The zero-order valence-corrected chi connectivity index (χ0v) is 19.7. The molecule has 11 heteroatoms. The Kier molecular flexibility index (Phi) is 6.92. The summed E-state index contributed by atoms with van der Waals surface area (Å²) >= 11 is 0. The van der Waals surface area contributed by atoms with E-state index in [1.807, 2.05) is 0 Å². The Morgan fingerprint density at radius 1 is 0.842 bits per heavy atom. The normalized spacial score (nSPS) is 15.4. The van der Waals surface area contributed by atoms with Gasteiger partial charge in [0.25, 0.3) is 0 Å². The molecule has 1 aliphatic rings. The molecule has 2 nitrogen and oxygen atoms in total. The number of allylic oxidation sites excluding steroid dienone is 1. The number of rotatable bonds is 8. The Hall–Kier alpha value is -3.63. The van der Waals surface area contributed by atoms with Crippen molar-refractivity contribution in [2.24, 2.45) is 0 Å². The van der Waals surface area contributed by atoms with Crippen molar-refractivity contribution >= 4 is 0 Å². The van der Waals surface area contributed by atoms with E-state index in [0.717, 1.165) is 18.2 Å². The molecule has 202 valence electrons. The quantitative estimate of drug-likeness (QED) is 0.208. The van der Waals surface area contributed by atoms with Crippen molar-refractivity contribution in [3.8, 4) is 22.6 Å². The van der Waals surface area contributed by atoms with Gasteiger partial charge < -0.3 is 9.47 Å². The molecular formula is C27H19F9O2. The van der Waals surface area contributed by atoms with Gasteiger partial charge >= 0.3 is 18.0 Å². The van der Waals surface area contributed by atoms with E-state index in [-0.39, 0.29) is 6.61 Å². The van der Waals surface area contributed by atoms with Crippen LogP contribution in [0.4, 0.5) is 39.5 Å². The van der Waals surface area contributed by atoms with Crippen molar-refractivity contribution in [2.45, 2.75) is 37.7 Å². The average molecular weight is 546 g/mol. The van der Waals surface area contributed by atoms with E-state index >= 15 is 13.2 Å². The van der Waals surface area contributed by atoms with Crippen LogP contribution in [0.2, 0.25) is 0 Å². The second-order valence-electron chi connectivity index (χ2n) is 8.44. The number of halogens is 9. The lowest BCUT2D eigenvalue weighted by molar-refractivity contribution is -0.228. The second-order valence-corrected chi connectivity index (χ2v) is 8.44. The molecule has 0 saturated heterocycles. The van der Waals surface area contributed by atoms with Crippen LogP contribution >= 0.6 is 0 Å². The lowest BCUT2D eigenvalue weighted by atomic mass is 9.79. The summed E-state index contributed by atoms with van der Waals surface area (Å²) < 4.78 is 143. The first-order valence-electron chi connectivity index (χ1n) is 11.3. The smallest absolute Gasteiger partial charge is 0.429 e. The molecule has 3 aromatic rings. The Morgan fingerprint density at radius 2 is 1.39 bits per heavy atom. The molecule has 0 amide bonds. The van der Waals surface area contributed by atoms with E-state index in [4.69, 9.17) is 4.74 Å². The molecule has 0 bridgehead atoms. The van der Waals surface area contributed by atoms with Gasteiger partial charge in [-0.05, 0) is 72.9 Å². The third kappa shape index (κ3) is 4.27. The Balaban J connectivity index is 1.80. The van der Waals surface area contributed by atoms with Crippen molar-refractivity contribution in [2.75, 3.05) is 6.61 Å². The summed E-state index contributed by atoms with van der Waals surface area (Å²) in [5.74, 6) is -18.3. The predicted octanol–water partition coefficient (Wildman–Crippen LogP) is 8.61. The number of ether oxygens (including phenoxy) is 2. The molecule has 0 aliphatic heterocycles. The van der Waals surface area contributed by atoms with Crippen LogP contribution < -0.4 is 9.47 Å². The maximum Gasteiger partial charge on any atom is 0.429 e. The highest BCUT2D eigenvalue weighted by Gasteiger charge is 2.65. The van der Waals surface area contributed by atoms with Crippen molar-refractivity contribution < 1.29 is 49.0 Å². The number of fused-ring (bicyclic) bond motifs is 3. The number of hydrogen-bond donors (Lipinski definition) is 0. The first-order valence-corrected chi connectivity index (χ1v) is 11.3. The van der Waals surface area contributed by atoms with E-state index in [9.17, 15) is 26.3 Å². The van der Waals surface area contributed by atoms with Crippen LogP contribution in [0.25, 0.3) is 11.1 Å². The molecule has 0 saturated carbocycles. The first kappa shape index (κ1) is 27.4. The van der Waals surface area contributed by atoms with Crippen LogP contribution in [0.3, 0.4) is 0 Å². The van der Waals surface area contributed by atoms with Gasteiger partial charge in [0, 0.05) is 0 Å². The fraction of sp³-hybridized carbons (Fsp3) is 0.259. The van der Waals surface area contributed by atoms with Crippen LogP contribution in [0.15, 0.2) is 55.1 Å². The average Bonchev–Trinajstić information content (AvgIpc) is 2.83. The van der Waals surface area contributed by atoms with E-state index in [2.05, 4.69) is 11.3 Å². The highest BCUT2D eigenvalue weighted by atomic mass is 19.3. The molecule has 0 unspecified atom stereocenters. The van der Waals surface area contributed by atoms with Gasteiger partial charge in [-0.3, -0.25) is 0 Å². The minimum absolute atomic E-state index is 0.157. The third-order valence-electron chi connectivity index (χ3n) is 6.05. The molecule has 0 atom stereocenters. The number of hydrogen-bond acceptors (Lipinski definition) is 2. The van der Waals surface area contributed by atoms with Gasteiger partial charge in [0.1, 0.15) is 5.82 Å². The topological polar surface area (TPSA) is 18.5 Å².